The molecule has 1 aromatic heterocycles. The van der Waals surface area contributed by atoms with Gasteiger partial charge in [-0.25, -0.2) is 4.73 Å². The summed E-state index contributed by atoms with van der Waals surface area (Å²) in [6.45, 7) is 10.3. The first-order valence-corrected chi connectivity index (χ1v) is 4.93. The maximum absolute atomic E-state index is 11.3. The maximum Gasteiger partial charge on any atom is 0.392 e. The Balaban J connectivity index is 0.00000256. The quantitative estimate of drug-likeness (QED) is 0.488. The van der Waals surface area contributed by atoms with Gasteiger partial charge in [-0.3, -0.25) is 5.73 Å². The highest BCUT2D eigenvalue weighted by Crippen LogP contribution is 2.12. The number of halogens is 1. The molecule has 0 atom stereocenters. The van der Waals surface area contributed by atoms with Crippen LogP contribution in [0.1, 0.15) is 5.69 Å². The number of nitrogen functional groups attached to an aromatic ring is 1. The van der Waals surface area contributed by atoms with Crippen molar-refractivity contribution < 1.29 is 4.73 Å². The van der Waals surface area contributed by atoms with Gasteiger partial charge in [-0.05, 0) is 6.92 Å². The van der Waals surface area contributed by atoms with Crippen molar-refractivity contribution in [2.45, 2.75) is 6.92 Å². The monoisotopic (exact) mass is 256 g/mol. The number of nitrogens with two attached hydrogens (primary N) is 1. The summed E-state index contributed by atoms with van der Waals surface area (Å²) in [5.74, 6) is 0.607. The van der Waals surface area contributed by atoms with Gasteiger partial charge in [-0.2, -0.15) is 0 Å². The molecule has 0 amide bonds. The van der Waals surface area contributed by atoms with Crippen molar-refractivity contribution in [3.8, 4) is 0 Å². The van der Waals surface area contributed by atoms with Crippen LogP contribution in [0.2, 0.25) is 0 Å². The molecule has 94 valence electrons. The Morgan fingerprint density at radius 3 is 2.41 bits per heavy atom. The predicted molar refractivity (Wildman–Crippen MR) is 72.2 cm³/mol. The number of nitrogens with zero attached hydrogens (tertiary/aromatic N) is 3. The molecule has 5 nitrogen and oxygen atoms in total. The highest BCUT2D eigenvalue weighted by Gasteiger charge is 2.13. The van der Waals surface area contributed by atoms with Crippen molar-refractivity contribution in [3.63, 3.8) is 0 Å². The van der Waals surface area contributed by atoms with Crippen LogP contribution < -0.4 is 15.4 Å². The minimum Gasteiger partial charge on any atom is -0.740 e. The first-order chi connectivity index (χ1) is 7.60. The van der Waals surface area contributed by atoms with Gasteiger partial charge >= 0.3 is 5.95 Å². The van der Waals surface area contributed by atoms with Gasteiger partial charge in [0.2, 0.25) is 5.82 Å². The Kier molecular flexibility index (Phi) is 6.06. The van der Waals surface area contributed by atoms with Crippen LogP contribution in [-0.2, 0) is 0 Å². The van der Waals surface area contributed by atoms with Gasteiger partial charge in [0.05, 0.1) is 5.69 Å². The molecule has 0 saturated carbocycles. The molecule has 1 rings (SSSR count). The second-order valence-corrected chi connectivity index (χ2v) is 3.39. The lowest BCUT2D eigenvalue weighted by atomic mass is 10.3. The van der Waals surface area contributed by atoms with E-state index in [4.69, 9.17) is 5.73 Å². The minimum absolute atomic E-state index is 0. The van der Waals surface area contributed by atoms with E-state index >= 15 is 0 Å². The molecule has 0 aromatic carbocycles. The molecule has 0 spiro atoms. The fraction of sp³-hybridized carbons (Fsp3) is 0.273. The first-order valence-electron chi connectivity index (χ1n) is 4.93. The third-order valence-corrected chi connectivity index (χ3v) is 2.12. The molecule has 1 heterocycles. The van der Waals surface area contributed by atoms with E-state index in [1.165, 1.54) is 0 Å². The van der Waals surface area contributed by atoms with Crippen molar-refractivity contribution >= 4 is 24.2 Å². The van der Waals surface area contributed by atoms with Gasteiger partial charge in [0, 0.05) is 19.2 Å². The van der Waals surface area contributed by atoms with E-state index < -0.39 is 0 Å². The third-order valence-electron chi connectivity index (χ3n) is 2.12. The molecule has 2 N–H and O–H groups in total. The zero-order valence-corrected chi connectivity index (χ0v) is 10.6. The molecule has 0 radical (unpaired) electrons. The number of hydrogen-bond acceptors (Lipinski definition) is 4. The Bertz CT molecular complexity index is 375. The highest BCUT2D eigenvalue weighted by atomic mass is 35.5. The van der Waals surface area contributed by atoms with Crippen LogP contribution in [0.3, 0.4) is 0 Å². The summed E-state index contributed by atoms with van der Waals surface area (Å²) in [7, 11) is 0. The number of hydrogen-bond donors (Lipinski definition) is 1. The van der Waals surface area contributed by atoms with Crippen LogP contribution in [0.15, 0.2) is 31.4 Å². The summed E-state index contributed by atoms with van der Waals surface area (Å²) in [5.41, 5.74) is 6.03. The number of anilines is 2. The minimum atomic E-state index is -0.0480. The Hall–Kier alpha value is -1.75. The Morgan fingerprint density at radius 1 is 1.47 bits per heavy atom. The summed E-state index contributed by atoms with van der Waals surface area (Å²) < 4.78 is 0.601. The van der Waals surface area contributed by atoms with Gasteiger partial charge in [0.25, 0.3) is 0 Å². The second kappa shape index (κ2) is 6.75. The highest BCUT2D eigenvalue weighted by molar-refractivity contribution is 5.85. The summed E-state index contributed by atoms with van der Waals surface area (Å²) in [6.07, 6.45) is 3.52. The van der Waals surface area contributed by atoms with Gasteiger partial charge in [-0.1, -0.05) is 17.1 Å². The fourth-order valence-corrected chi connectivity index (χ4v) is 1.36. The number of aromatic nitrogens is 2. The zero-order chi connectivity index (χ0) is 12.1. The predicted octanol–water partition coefficient (Wildman–Crippen LogP) is 1.21. The second-order valence-electron chi connectivity index (χ2n) is 3.39. The molecule has 17 heavy (non-hydrogen) atoms. The summed E-state index contributed by atoms with van der Waals surface area (Å²) in [5, 5.41) is 11.3. The van der Waals surface area contributed by atoms with Crippen molar-refractivity contribution in [2.75, 3.05) is 23.7 Å². The molecule has 0 aliphatic heterocycles. The van der Waals surface area contributed by atoms with E-state index in [-0.39, 0.29) is 18.4 Å². The van der Waals surface area contributed by atoms with Crippen molar-refractivity contribution in [1.82, 2.24) is 4.98 Å². The van der Waals surface area contributed by atoms with Crippen LogP contribution in [0.4, 0.5) is 11.8 Å². The van der Waals surface area contributed by atoms with Gasteiger partial charge in [-0.15, -0.1) is 25.6 Å². The van der Waals surface area contributed by atoms with Crippen LogP contribution in [-0.4, -0.2) is 18.1 Å². The molecule has 0 bridgehead atoms. The Labute approximate surface area is 107 Å². The molecule has 6 heteroatoms. The van der Waals surface area contributed by atoms with Crippen molar-refractivity contribution in [1.29, 1.82) is 0 Å². The van der Waals surface area contributed by atoms with Gasteiger partial charge in [0.1, 0.15) is 0 Å². The average Bonchev–Trinajstić information content (AvgIpc) is 2.25. The normalized spacial score (nSPS) is 9.24. The van der Waals surface area contributed by atoms with E-state index in [0.717, 1.165) is 0 Å². The molecular formula is C11H17ClN4O. The molecule has 0 saturated heterocycles. The van der Waals surface area contributed by atoms with E-state index in [9.17, 15) is 5.21 Å². The topological polar surface area (TPSA) is 69.1 Å². The summed E-state index contributed by atoms with van der Waals surface area (Å²) in [6, 6.07) is 1.69. The molecular weight excluding hydrogens is 240 g/mol. The van der Waals surface area contributed by atoms with Crippen molar-refractivity contribution in [3.05, 3.63) is 42.3 Å². The third kappa shape index (κ3) is 3.64. The average molecular weight is 257 g/mol. The summed E-state index contributed by atoms with van der Waals surface area (Å²) in [4.78, 5) is 5.95. The Morgan fingerprint density at radius 2 is 2.00 bits per heavy atom. The maximum atomic E-state index is 11.3. The van der Waals surface area contributed by atoms with E-state index in [2.05, 4.69) is 18.1 Å². The van der Waals surface area contributed by atoms with E-state index in [1.807, 2.05) is 4.90 Å². The molecule has 0 aliphatic carbocycles. The lowest BCUT2D eigenvalue weighted by Crippen LogP contribution is -2.37. The SMILES string of the molecule is C=CCN(CC=C)c1cc(C)[n+]([O-])c(N)n1.Cl. The van der Waals surface area contributed by atoms with Crippen LogP contribution in [0.25, 0.3) is 0 Å². The van der Waals surface area contributed by atoms with E-state index in [1.54, 1.807) is 25.1 Å². The smallest absolute Gasteiger partial charge is 0.392 e. The number of rotatable bonds is 5. The van der Waals surface area contributed by atoms with Crippen LogP contribution in [0, 0.1) is 12.1 Å². The first kappa shape index (κ1) is 15.2. The standard InChI is InChI=1S/C11H16N4O.ClH/c1-4-6-14(7-5-2)10-8-9(3)15(16)11(12)13-10;/h4-5,8H,1-2,6-7H2,3H3,(H2,12,13);1H. The van der Waals surface area contributed by atoms with Gasteiger partial charge < -0.3 is 10.1 Å². The van der Waals surface area contributed by atoms with Crippen LogP contribution in [0.5, 0.6) is 0 Å². The van der Waals surface area contributed by atoms with Crippen LogP contribution >= 0.6 is 12.4 Å². The van der Waals surface area contributed by atoms with E-state index in [0.29, 0.717) is 29.3 Å². The lowest BCUT2D eigenvalue weighted by molar-refractivity contribution is -0.599. The molecule has 0 unspecified atom stereocenters. The molecule has 0 aliphatic rings. The number of aryl methyl sites for hydroxylation is 1. The van der Waals surface area contributed by atoms with Gasteiger partial charge in [0.15, 0.2) is 0 Å². The zero-order valence-electron chi connectivity index (χ0n) is 9.80. The largest absolute Gasteiger partial charge is 0.740 e. The summed E-state index contributed by atoms with van der Waals surface area (Å²) >= 11 is 0. The molecule has 0 fully saturated rings. The lowest BCUT2D eigenvalue weighted by Gasteiger charge is -2.19. The van der Waals surface area contributed by atoms with Crippen molar-refractivity contribution in [2.24, 2.45) is 0 Å². The molecule has 1 aromatic rings. The fourth-order valence-electron chi connectivity index (χ4n) is 1.36.